The highest BCUT2D eigenvalue weighted by Crippen LogP contribution is 2.35. The van der Waals surface area contributed by atoms with E-state index in [1.165, 1.54) is 5.56 Å². The lowest BCUT2D eigenvalue weighted by molar-refractivity contribution is 0.0956. The van der Waals surface area contributed by atoms with Crippen molar-refractivity contribution in [3.05, 3.63) is 59.9 Å². The summed E-state index contributed by atoms with van der Waals surface area (Å²) in [6.45, 7) is 2.06. The van der Waals surface area contributed by atoms with Crippen molar-refractivity contribution in [1.82, 2.24) is 0 Å². The Kier molecular flexibility index (Phi) is 3.11. The van der Waals surface area contributed by atoms with Gasteiger partial charge in [-0.3, -0.25) is 4.79 Å². The zero-order chi connectivity index (χ0) is 16.0. The van der Waals surface area contributed by atoms with E-state index in [0.717, 1.165) is 17.5 Å². The Morgan fingerprint density at radius 1 is 1.22 bits per heavy atom. The zero-order valence-corrected chi connectivity index (χ0v) is 13.1. The summed E-state index contributed by atoms with van der Waals surface area (Å²) in [7, 11) is 1.59. The maximum absolute atomic E-state index is 13.0. The van der Waals surface area contributed by atoms with Crippen molar-refractivity contribution in [2.24, 2.45) is 0 Å². The predicted molar refractivity (Wildman–Crippen MR) is 89.2 cm³/mol. The normalized spacial score (nSPS) is 16.6. The molecule has 0 aliphatic carbocycles. The number of methoxy groups -OCH3 is 1. The number of nitrogens with zero attached hydrogens (tertiary/aromatic N) is 1. The highest BCUT2D eigenvalue weighted by atomic mass is 16.5. The first-order chi connectivity index (χ1) is 11.2. The minimum absolute atomic E-state index is 0.110. The molecule has 1 aromatic heterocycles. The summed E-state index contributed by atoms with van der Waals surface area (Å²) in [5.74, 6) is 0.866. The molecule has 0 N–H and O–H groups in total. The second-order valence-electron chi connectivity index (χ2n) is 5.85. The topological polar surface area (TPSA) is 42.7 Å². The molecule has 2 aromatic carbocycles. The summed E-state index contributed by atoms with van der Waals surface area (Å²) in [6, 6.07) is 15.6. The average molecular weight is 307 g/mol. The Balaban J connectivity index is 1.78. The third kappa shape index (κ3) is 2.10. The number of carbonyl (C=O) groups is 1. The second-order valence-corrected chi connectivity index (χ2v) is 5.85. The molecule has 0 radical (unpaired) electrons. The van der Waals surface area contributed by atoms with Gasteiger partial charge in [-0.05, 0) is 37.1 Å². The number of para-hydroxylation sites is 2. The van der Waals surface area contributed by atoms with Gasteiger partial charge < -0.3 is 14.1 Å². The minimum Gasteiger partial charge on any atom is -0.493 e. The fraction of sp³-hybridized carbons (Fsp3) is 0.211. The number of amides is 1. The van der Waals surface area contributed by atoms with Crippen LogP contribution in [0.15, 0.2) is 52.9 Å². The summed E-state index contributed by atoms with van der Waals surface area (Å²) >= 11 is 0. The van der Waals surface area contributed by atoms with E-state index >= 15 is 0 Å². The van der Waals surface area contributed by atoms with Crippen molar-refractivity contribution in [2.75, 3.05) is 12.0 Å². The molecule has 0 saturated carbocycles. The molecule has 0 fully saturated rings. The summed E-state index contributed by atoms with van der Waals surface area (Å²) in [5.41, 5.74) is 2.78. The van der Waals surface area contributed by atoms with Crippen LogP contribution in [0.2, 0.25) is 0 Å². The molecule has 0 unspecified atom stereocenters. The Labute approximate surface area is 134 Å². The molecular weight excluding hydrogens is 290 g/mol. The van der Waals surface area contributed by atoms with Crippen molar-refractivity contribution in [3.63, 3.8) is 0 Å². The van der Waals surface area contributed by atoms with Gasteiger partial charge in [-0.2, -0.15) is 0 Å². The Hall–Kier alpha value is -2.75. The van der Waals surface area contributed by atoms with Crippen LogP contribution in [0.5, 0.6) is 5.75 Å². The third-order valence-corrected chi connectivity index (χ3v) is 4.36. The average Bonchev–Trinajstić information content (AvgIpc) is 3.14. The number of ether oxygens (including phenoxy) is 1. The largest absolute Gasteiger partial charge is 0.493 e. The first-order valence-electron chi connectivity index (χ1n) is 7.67. The minimum atomic E-state index is -0.110. The maximum Gasteiger partial charge on any atom is 0.294 e. The molecule has 1 aliphatic heterocycles. The van der Waals surface area contributed by atoms with Gasteiger partial charge in [-0.1, -0.05) is 30.3 Å². The molecule has 0 bridgehead atoms. The lowest BCUT2D eigenvalue weighted by Crippen LogP contribution is -2.35. The standard InChI is InChI=1S/C19H17NO3/c1-12-10-13-6-3-4-8-15(13)20(12)19(21)17-11-14-7-5-9-16(22-2)18(14)23-17/h3-9,11-12H,10H2,1-2H3/t12-/m0/s1. The predicted octanol–water partition coefficient (Wildman–Crippen LogP) is 4.03. The Bertz CT molecular complexity index is 897. The van der Waals surface area contributed by atoms with Crippen molar-refractivity contribution in [3.8, 4) is 5.75 Å². The van der Waals surface area contributed by atoms with Crippen molar-refractivity contribution < 1.29 is 13.9 Å². The van der Waals surface area contributed by atoms with Crippen molar-refractivity contribution >= 4 is 22.6 Å². The van der Waals surface area contributed by atoms with E-state index in [2.05, 4.69) is 13.0 Å². The lowest BCUT2D eigenvalue weighted by Gasteiger charge is -2.21. The van der Waals surface area contributed by atoms with Gasteiger partial charge in [-0.25, -0.2) is 0 Å². The molecule has 4 heteroatoms. The van der Waals surface area contributed by atoms with Gasteiger partial charge in [0.15, 0.2) is 17.1 Å². The number of furan rings is 1. The fourth-order valence-corrected chi connectivity index (χ4v) is 3.30. The van der Waals surface area contributed by atoms with Crippen LogP contribution < -0.4 is 9.64 Å². The van der Waals surface area contributed by atoms with Gasteiger partial charge in [0.25, 0.3) is 5.91 Å². The zero-order valence-electron chi connectivity index (χ0n) is 13.1. The molecule has 0 spiro atoms. The monoisotopic (exact) mass is 307 g/mol. The number of fused-ring (bicyclic) bond motifs is 2. The van der Waals surface area contributed by atoms with Gasteiger partial charge in [0.1, 0.15) is 0 Å². The number of rotatable bonds is 2. The molecule has 2 heterocycles. The van der Waals surface area contributed by atoms with Crippen LogP contribution in [-0.4, -0.2) is 19.1 Å². The molecular formula is C19H17NO3. The van der Waals surface area contributed by atoms with E-state index in [9.17, 15) is 4.79 Å². The van der Waals surface area contributed by atoms with Crippen LogP contribution in [0.3, 0.4) is 0 Å². The van der Waals surface area contributed by atoms with E-state index in [4.69, 9.17) is 9.15 Å². The molecule has 1 amide bonds. The molecule has 23 heavy (non-hydrogen) atoms. The number of benzene rings is 2. The van der Waals surface area contributed by atoms with E-state index in [1.807, 2.05) is 41.3 Å². The third-order valence-electron chi connectivity index (χ3n) is 4.36. The number of anilines is 1. The summed E-state index contributed by atoms with van der Waals surface area (Å²) < 4.78 is 11.1. The Morgan fingerprint density at radius 3 is 2.87 bits per heavy atom. The Morgan fingerprint density at radius 2 is 2.04 bits per heavy atom. The van der Waals surface area contributed by atoms with E-state index in [1.54, 1.807) is 13.2 Å². The van der Waals surface area contributed by atoms with Gasteiger partial charge in [0.2, 0.25) is 0 Å². The van der Waals surface area contributed by atoms with Crippen LogP contribution in [0.4, 0.5) is 5.69 Å². The first kappa shape index (κ1) is 13.9. The van der Waals surface area contributed by atoms with Gasteiger partial charge >= 0.3 is 0 Å². The van der Waals surface area contributed by atoms with Crippen molar-refractivity contribution in [2.45, 2.75) is 19.4 Å². The van der Waals surface area contributed by atoms with Crippen LogP contribution in [0, 0.1) is 0 Å². The molecule has 4 rings (SSSR count). The van der Waals surface area contributed by atoms with E-state index in [-0.39, 0.29) is 11.9 Å². The van der Waals surface area contributed by atoms with Gasteiger partial charge in [0.05, 0.1) is 7.11 Å². The molecule has 4 nitrogen and oxygen atoms in total. The molecule has 116 valence electrons. The summed E-state index contributed by atoms with van der Waals surface area (Å²) in [4.78, 5) is 14.8. The molecule has 1 atom stereocenters. The number of carbonyl (C=O) groups excluding carboxylic acids is 1. The highest BCUT2D eigenvalue weighted by Gasteiger charge is 2.33. The van der Waals surface area contributed by atoms with Crippen LogP contribution in [0.1, 0.15) is 23.0 Å². The summed E-state index contributed by atoms with van der Waals surface area (Å²) in [5, 5.41) is 0.868. The number of hydrogen-bond donors (Lipinski definition) is 0. The highest BCUT2D eigenvalue weighted by molar-refractivity contribution is 6.08. The molecule has 0 saturated heterocycles. The SMILES string of the molecule is COc1cccc2cc(C(=O)N3c4ccccc4C[C@@H]3C)oc12. The van der Waals surface area contributed by atoms with Crippen LogP contribution in [0.25, 0.3) is 11.0 Å². The molecule has 3 aromatic rings. The second kappa shape index (κ2) is 5.16. The van der Waals surface area contributed by atoms with Gasteiger partial charge in [-0.15, -0.1) is 0 Å². The quantitative estimate of drug-likeness (QED) is 0.718. The first-order valence-corrected chi connectivity index (χ1v) is 7.67. The smallest absolute Gasteiger partial charge is 0.294 e. The van der Waals surface area contributed by atoms with E-state index < -0.39 is 0 Å². The lowest BCUT2D eigenvalue weighted by atomic mass is 10.1. The van der Waals surface area contributed by atoms with Gasteiger partial charge in [0, 0.05) is 17.1 Å². The maximum atomic E-state index is 13.0. The number of hydrogen-bond acceptors (Lipinski definition) is 3. The van der Waals surface area contributed by atoms with E-state index in [0.29, 0.717) is 17.1 Å². The van der Waals surface area contributed by atoms with Crippen LogP contribution in [-0.2, 0) is 6.42 Å². The van der Waals surface area contributed by atoms with Crippen LogP contribution >= 0.6 is 0 Å². The summed E-state index contributed by atoms with van der Waals surface area (Å²) in [6.07, 6.45) is 0.867. The fourth-order valence-electron chi connectivity index (χ4n) is 3.30. The van der Waals surface area contributed by atoms with Crippen molar-refractivity contribution in [1.29, 1.82) is 0 Å². The molecule has 1 aliphatic rings.